The molecule has 0 radical (unpaired) electrons. The fourth-order valence-corrected chi connectivity index (χ4v) is 3.02. The second-order valence-electron chi connectivity index (χ2n) is 6.49. The number of ketones is 1. The van der Waals surface area contributed by atoms with Crippen LogP contribution < -0.4 is 14.2 Å². The summed E-state index contributed by atoms with van der Waals surface area (Å²) in [4.78, 5) is 24.6. The lowest BCUT2D eigenvalue weighted by Crippen LogP contribution is -2.26. The molecule has 0 bridgehead atoms. The first-order valence-corrected chi connectivity index (χ1v) is 9.59. The average Bonchev–Trinajstić information content (AvgIpc) is 3.02. The van der Waals surface area contributed by atoms with Crippen molar-refractivity contribution in [2.24, 2.45) is 0 Å². The fraction of sp³-hybridized carbons (Fsp3) is 0.304. The van der Waals surface area contributed by atoms with Gasteiger partial charge in [-0.05, 0) is 52.0 Å². The van der Waals surface area contributed by atoms with Crippen molar-refractivity contribution in [3.63, 3.8) is 0 Å². The molecule has 0 spiro atoms. The lowest BCUT2D eigenvalue weighted by Gasteiger charge is -2.16. The third-order valence-corrected chi connectivity index (χ3v) is 4.46. The number of esters is 1. The minimum Gasteiger partial charge on any atom is -0.493 e. The zero-order valence-corrected chi connectivity index (χ0v) is 17.0. The van der Waals surface area contributed by atoms with Crippen LogP contribution in [0.1, 0.15) is 42.3 Å². The largest absolute Gasteiger partial charge is 0.493 e. The summed E-state index contributed by atoms with van der Waals surface area (Å²) >= 11 is 0. The molecule has 0 fully saturated rings. The summed E-state index contributed by atoms with van der Waals surface area (Å²) in [6, 6.07) is 10.8. The van der Waals surface area contributed by atoms with Crippen LogP contribution in [-0.2, 0) is 9.53 Å². The van der Waals surface area contributed by atoms with E-state index in [1.807, 2.05) is 31.2 Å². The molecule has 0 aliphatic carbocycles. The zero-order chi connectivity index (χ0) is 21.0. The zero-order valence-electron chi connectivity index (χ0n) is 17.0. The molecular formula is C23H24O6. The Morgan fingerprint density at radius 1 is 1.10 bits per heavy atom. The monoisotopic (exact) mass is 396 g/mol. The third kappa shape index (κ3) is 4.26. The molecular weight excluding hydrogens is 372 g/mol. The highest BCUT2D eigenvalue weighted by molar-refractivity contribution is 6.15. The second-order valence-corrected chi connectivity index (χ2v) is 6.49. The molecule has 6 nitrogen and oxygen atoms in total. The van der Waals surface area contributed by atoms with E-state index in [0.717, 1.165) is 5.56 Å². The van der Waals surface area contributed by atoms with Crippen LogP contribution in [0.25, 0.3) is 6.08 Å². The molecule has 1 aliphatic rings. The van der Waals surface area contributed by atoms with E-state index in [1.165, 1.54) is 0 Å². The van der Waals surface area contributed by atoms with Gasteiger partial charge in [-0.25, -0.2) is 4.79 Å². The Bertz CT molecular complexity index is 960. The minimum absolute atomic E-state index is 0.209. The summed E-state index contributed by atoms with van der Waals surface area (Å²) in [5.74, 6) is 1.14. The summed E-state index contributed by atoms with van der Waals surface area (Å²) in [6.07, 6.45) is 0.908. The third-order valence-electron chi connectivity index (χ3n) is 4.46. The second kappa shape index (κ2) is 8.82. The molecule has 2 aromatic carbocycles. The summed E-state index contributed by atoms with van der Waals surface area (Å²) in [7, 11) is 0. The SMILES string of the molecule is CCOC(=O)C(C)Oc1ccc2c(c1C)O/C(=C\c1ccccc1OCC)C2=O. The van der Waals surface area contributed by atoms with Crippen LogP contribution in [0.2, 0.25) is 0 Å². The quantitative estimate of drug-likeness (QED) is 0.512. The number of rotatable bonds is 7. The van der Waals surface area contributed by atoms with Crippen molar-refractivity contribution in [1.82, 2.24) is 0 Å². The van der Waals surface area contributed by atoms with Crippen molar-refractivity contribution < 1.29 is 28.5 Å². The van der Waals surface area contributed by atoms with E-state index in [2.05, 4.69) is 0 Å². The van der Waals surface area contributed by atoms with Crippen molar-refractivity contribution in [2.45, 2.75) is 33.8 Å². The standard InChI is InChI=1S/C23H24O6/c1-5-26-19-10-8-7-9-16(19)13-20-21(24)17-11-12-18(14(3)22(17)29-20)28-15(4)23(25)27-6-2/h7-13,15H,5-6H2,1-4H3/b20-13-. The van der Waals surface area contributed by atoms with E-state index in [-0.39, 0.29) is 18.1 Å². The van der Waals surface area contributed by atoms with Crippen LogP contribution in [0.4, 0.5) is 0 Å². The van der Waals surface area contributed by atoms with Gasteiger partial charge in [-0.3, -0.25) is 4.79 Å². The fourth-order valence-electron chi connectivity index (χ4n) is 3.02. The van der Waals surface area contributed by atoms with E-state index in [4.69, 9.17) is 18.9 Å². The van der Waals surface area contributed by atoms with Gasteiger partial charge in [0.15, 0.2) is 11.9 Å². The number of carbonyl (C=O) groups is 2. The van der Waals surface area contributed by atoms with Crippen LogP contribution >= 0.6 is 0 Å². The Balaban J connectivity index is 1.88. The number of benzene rings is 2. The van der Waals surface area contributed by atoms with Crippen molar-refractivity contribution in [3.05, 3.63) is 58.8 Å². The van der Waals surface area contributed by atoms with Crippen LogP contribution in [0, 0.1) is 6.92 Å². The maximum atomic E-state index is 12.8. The molecule has 6 heteroatoms. The number of hydrogen-bond acceptors (Lipinski definition) is 6. The molecule has 2 aromatic rings. The normalized spacial score (nSPS) is 14.9. The Morgan fingerprint density at radius 3 is 2.59 bits per heavy atom. The smallest absolute Gasteiger partial charge is 0.347 e. The van der Waals surface area contributed by atoms with Crippen LogP contribution in [0.5, 0.6) is 17.2 Å². The predicted molar refractivity (Wildman–Crippen MR) is 108 cm³/mol. The Kier molecular flexibility index (Phi) is 6.22. The molecule has 0 aromatic heterocycles. The molecule has 152 valence electrons. The van der Waals surface area contributed by atoms with Crippen molar-refractivity contribution in [3.8, 4) is 17.2 Å². The molecule has 29 heavy (non-hydrogen) atoms. The van der Waals surface area contributed by atoms with Gasteiger partial charge in [0.1, 0.15) is 17.2 Å². The first kappa shape index (κ1) is 20.5. The first-order chi connectivity index (χ1) is 14.0. The van der Waals surface area contributed by atoms with E-state index in [0.29, 0.717) is 35.0 Å². The lowest BCUT2D eigenvalue weighted by atomic mass is 10.1. The van der Waals surface area contributed by atoms with Crippen molar-refractivity contribution in [1.29, 1.82) is 0 Å². The van der Waals surface area contributed by atoms with E-state index in [1.54, 1.807) is 39.0 Å². The van der Waals surface area contributed by atoms with Gasteiger partial charge in [0, 0.05) is 11.1 Å². The molecule has 1 heterocycles. The molecule has 0 amide bonds. The number of allylic oxidation sites excluding steroid dienone is 1. The van der Waals surface area contributed by atoms with E-state index >= 15 is 0 Å². The van der Waals surface area contributed by atoms with Gasteiger partial charge < -0.3 is 18.9 Å². The highest BCUT2D eigenvalue weighted by atomic mass is 16.6. The number of para-hydroxylation sites is 1. The number of carbonyl (C=O) groups excluding carboxylic acids is 2. The van der Waals surface area contributed by atoms with Gasteiger partial charge >= 0.3 is 5.97 Å². The number of Topliss-reactive ketones (excluding diaryl/α,β-unsaturated/α-hetero) is 1. The Labute approximate surface area is 170 Å². The molecule has 0 N–H and O–H groups in total. The van der Waals surface area contributed by atoms with E-state index in [9.17, 15) is 9.59 Å². The molecule has 1 unspecified atom stereocenters. The molecule has 0 saturated carbocycles. The van der Waals surface area contributed by atoms with Crippen LogP contribution in [-0.4, -0.2) is 31.1 Å². The maximum Gasteiger partial charge on any atom is 0.347 e. The Hall–Kier alpha value is -3.28. The van der Waals surface area contributed by atoms with Gasteiger partial charge in [0.2, 0.25) is 5.78 Å². The molecule has 1 atom stereocenters. The molecule has 3 rings (SSSR count). The Morgan fingerprint density at radius 2 is 1.86 bits per heavy atom. The van der Waals surface area contributed by atoms with Crippen molar-refractivity contribution in [2.75, 3.05) is 13.2 Å². The predicted octanol–water partition coefficient (Wildman–Crippen LogP) is 4.34. The van der Waals surface area contributed by atoms with Gasteiger partial charge in [-0.2, -0.15) is 0 Å². The summed E-state index contributed by atoms with van der Waals surface area (Å²) in [5.41, 5.74) is 1.86. The summed E-state index contributed by atoms with van der Waals surface area (Å²) in [6.45, 7) is 7.85. The highest BCUT2D eigenvalue weighted by Crippen LogP contribution is 2.40. The first-order valence-electron chi connectivity index (χ1n) is 9.59. The number of ether oxygens (including phenoxy) is 4. The molecule has 1 aliphatic heterocycles. The van der Waals surface area contributed by atoms with Gasteiger partial charge in [-0.15, -0.1) is 0 Å². The minimum atomic E-state index is -0.767. The highest BCUT2D eigenvalue weighted by Gasteiger charge is 2.31. The number of hydrogen-bond donors (Lipinski definition) is 0. The average molecular weight is 396 g/mol. The van der Waals surface area contributed by atoms with Crippen LogP contribution in [0.15, 0.2) is 42.2 Å². The lowest BCUT2D eigenvalue weighted by molar-refractivity contribution is -0.150. The van der Waals surface area contributed by atoms with E-state index < -0.39 is 12.1 Å². The van der Waals surface area contributed by atoms with Crippen molar-refractivity contribution >= 4 is 17.8 Å². The van der Waals surface area contributed by atoms with Gasteiger partial charge in [-0.1, -0.05) is 18.2 Å². The topological polar surface area (TPSA) is 71.1 Å². The maximum absolute atomic E-state index is 12.8. The van der Waals surface area contributed by atoms with Crippen LogP contribution in [0.3, 0.4) is 0 Å². The number of fused-ring (bicyclic) bond motifs is 1. The summed E-state index contributed by atoms with van der Waals surface area (Å²) < 4.78 is 22.2. The molecule has 0 saturated heterocycles. The van der Waals surface area contributed by atoms with Gasteiger partial charge in [0.05, 0.1) is 18.8 Å². The summed E-state index contributed by atoms with van der Waals surface area (Å²) in [5, 5.41) is 0. The van der Waals surface area contributed by atoms with Gasteiger partial charge in [0.25, 0.3) is 0 Å².